The van der Waals surface area contributed by atoms with Crippen LogP contribution in [0.1, 0.15) is 11.6 Å². The molecule has 2 N–H and O–H groups in total. The lowest BCUT2D eigenvalue weighted by atomic mass is 10.2. The van der Waals surface area contributed by atoms with Gasteiger partial charge in [-0.2, -0.15) is 18.3 Å². The van der Waals surface area contributed by atoms with Crippen LogP contribution in [0.4, 0.5) is 13.2 Å². The SMILES string of the molecule is Cn1cc([C@H](N)C(F)(F)F)cn1. The van der Waals surface area contributed by atoms with Crippen molar-refractivity contribution in [3.8, 4) is 0 Å². The largest absolute Gasteiger partial charge is 0.407 e. The van der Waals surface area contributed by atoms with Crippen molar-refractivity contribution >= 4 is 0 Å². The van der Waals surface area contributed by atoms with Crippen LogP contribution in [-0.4, -0.2) is 16.0 Å². The summed E-state index contributed by atoms with van der Waals surface area (Å²) in [6.45, 7) is 0. The molecule has 0 bridgehead atoms. The van der Waals surface area contributed by atoms with E-state index in [9.17, 15) is 13.2 Å². The van der Waals surface area contributed by atoms with Crippen LogP contribution in [0.15, 0.2) is 12.4 Å². The Balaban J connectivity index is 2.85. The minimum absolute atomic E-state index is 0.0231. The Morgan fingerprint density at radius 2 is 2.17 bits per heavy atom. The highest BCUT2D eigenvalue weighted by Crippen LogP contribution is 2.29. The number of nitrogens with two attached hydrogens (primary N) is 1. The van der Waals surface area contributed by atoms with Crippen LogP contribution in [-0.2, 0) is 7.05 Å². The van der Waals surface area contributed by atoms with E-state index in [1.807, 2.05) is 0 Å². The third-order valence-corrected chi connectivity index (χ3v) is 1.44. The molecule has 0 saturated heterocycles. The van der Waals surface area contributed by atoms with Crippen LogP contribution >= 0.6 is 0 Å². The minimum Gasteiger partial charge on any atom is -0.316 e. The van der Waals surface area contributed by atoms with Crippen molar-refractivity contribution in [3.05, 3.63) is 18.0 Å². The van der Waals surface area contributed by atoms with Crippen LogP contribution in [0.3, 0.4) is 0 Å². The topological polar surface area (TPSA) is 43.8 Å². The molecule has 0 aliphatic carbocycles. The molecule has 3 nitrogen and oxygen atoms in total. The standard InChI is InChI=1S/C6H8F3N3/c1-12-3-4(2-11-12)5(10)6(7,8)9/h2-3,5H,10H2,1H3/t5-/m0/s1. The summed E-state index contributed by atoms with van der Waals surface area (Å²) >= 11 is 0. The van der Waals surface area contributed by atoms with E-state index in [0.717, 1.165) is 6.20 Å². The number of nitrogens with zero attached hydrogens (tertiary/aromatic N) is 2. The molecule has 1 heterocycles. The fourth-order valence-corrected chi connectivity index (χ4v) is 0.790. The number of halogens is 3. The van der Waals surface area contributed by atoms with Gasteiger partial charge in [-0.15, -0.1) is 0 Å². The number of aromatic nitrogens is 2. The number of aryl methyl sites for hydroxylation is 1. The second-order valence-electron chi connectivity index (χ2n) is 2.47. The molecule has 0 aliphatic heterocycles. The van der Waals surface area contributed by atoms with Crippen LogP contribution in [0.25, 0.3) is 0 Å². The maximum atomic E-state index is 12.0. The maximum absolute atomic E-state index is 12.0. The predicted octanol–water partition coefficient (Wildman–Crippen LogP) is 0.982. The quantitative estimate of drug-likeness (QED) is 0.698. The summed E-state index contributed by atoms with van der Waals surface area (Å²) in [5.41, 5.74) is 4.88. The Morgan fingerprint density at radius 3 is 2.50 bits per heavy atom. The molecule has 68 valence electrons. The molecule has 0 radical (unpaired) electrons. The lowest BCUT2D eigenvalue weighted by Crippen LogP contribution is -2.28. The molecule has 1 rings (SSSR count). The summed E-state index contributed by atoms with van der Waals surface area (Å²) in [5.74, 6) is 0. The van der Waals surface area contributed by atoms with Crippen molar-refractivity contribution in [2.45, 2.75) is 12.2 Å². The van der Waals surface area contributed by atoms with Crippen LogP contribution < -0.4 is 5.73 Å². The normalized spacial score (nSPS) is 14.8. The van der Waals surface area contributed by atoms with E-state index in [1.165, 1.54) is 17.9 Å². The molecular formula is C6H8F3N3. The maximum Gasteiger partial charge on any atom is 0.407 e. The van der Waals surface area contributed by atoms with Crippen molar-refractivity contribution in [1.29, 1.82) is 0 Å². The van der Waals surface area contributed by atoms with Crippen molar-refractivity contribution < 1.29 is 13.2 Å². The highest BCUT2D eigenvalue weighted by atomic mass is 19.4. The molecule has 0 unspecified atom stereocenters. The van der Waals surface area contributed by atoms with Gasteiger partial charge in [0.1, 0.15) is 6.04 Å². The first-order chi connectivity index (χ1) is 5.41. The van der Waals surface area contributed by atoms with E-state index in [0.29, 0.717) is 0 Å². The molecule has 0 saturated carbocycles. The number of alkyl halides is 3. The van der Waals surface area contributed by atoms with Crippen LogP contribution in [0.5, 0.6) is 0 Å². The second-order valence-corrected chi connectivity index (χ2v) is 2.47. The molecule has 1 aromatic heterocycles. The first-order valence-corrected chi connectivity index (χ1v) is 3.22. The molecule has 1 aromatic rings. The summed E-state index contributed by atoms with van der Waals surface area (Å²) in [6, 6.07) is -1.94. The Bertz CT molecular complexity index is 265. The lowest BCUT2D eigenvalue weighted by molar-refractivity contribution is -0.149. The average Bonchev–Trinajstić information content (AvgIpc) is 2.32. The summed E-state index contributed by atoms with van der Waals surface area (Å²) in [7, 11) is 1.53. The molecular weight excluding hydrogens is 171 g/mol. The zero-order chi connectivity index (χ0) is 9.35. The van der Waals surface area contributed by atoms with Crippen molar-refractivity contribution in [1.82, 2.24) is 9.78 Å². The zero-order valence-corrected chi connectivity index (χ0v) is 6.34. The van der Waals surface area contributed by atoms with Gasteiger partial charge in [0.05, 0.1) is 6.20 Å². The Labute approximate surface area is 67.0 Å². The fraction of sp³-hybridized carbons (Fsp3) is 0.500. The van der Waals surface area contributed by atoms with E-state index >= 15 is 0 Å². The second kappa shape index (κ2) is 2.78. The third kappa shape index (κ3) is 1.76. The molecule has 12 heavy (non-hydrogen) atoms. The lowest BCUT2D eigenvalue weighted by Gasteiger charge is -2.12. The van der Waals surface area contributed by atoms with Gasteiger partial charge in [0.25, 0.3) is 0 Å². The third-order valence-electron chi connectivity index (χ3n) is 1.44. The predicted molar refractivity (Wildman–Crippen MR) is 36.2 cm³/mol. The summed E-state index contributed by atoms with van der Waals surface area (Å²) in [6.07, 6.45) is -2.04. The molecule has 1 atom stereocenters. The first-order valence-electron chi connectivity index (χ1n) is 3.22. The van der Waals surface area contributed by atoms with E-state index in [-0.39, 0.29) is 5.56 Å². The average molecular weight is 179 g/mol. The highest BCUT2D eigenvalue weighted by Gasteiger charge is 2.38. The summed E-state index contributed by atoms with van der Waals surface area (Å²) in [4.78, 5) is 0. The van der Waals surface area contributed by atoms with Gasteiger partial charge >= 0.3 is 6.18 Å². The molecule has 0 amide bonds. The van der Waals surface area contributed by atoms with E-state index in [1.54, 1.807) is 0 Å². The van der Waals surface area contributed by atoms with Crippen molar-refractivity contribution in [2.24, 2.45) is 12.8 Å². The van der Waals surface area contributed by atoms with Gasteiger partial charge in [0.2, 0.25) is 0 Å². The Kier molecular flexibility index (Phi) is 2.10. The summed E-state index contributed by atoms with van der Waals surface area (Å²) in [5, 5.41) is 3.59. The van der Waals surface area contributed by atoms with Gasteiger partial charge in [0.15, 0.2) is 0 Å². The molecule has 0 spiro atoms. The van der Waals surface area contributed by atoms with Gasteiger partial charge in [-0.3, -0.25) is 4.68 Å². The number of hydrogen-bond donors (Lipinski definition) is 1. The molecule has 6 heteroatoms. The molecule has 0 fully saturated rings. The van der Waals surface area contributed by atoms with E-state index in [2.05, 4.69) is 5.10 Å². The van der Waals surface area contributed by atoms with E-state index < -0.39 is 12.2 Å². The van der Waals surface area contributed by atoms with Gasteiger partial charge in [-0.25, -0.2) is 0 Å². The molecule has 0 aliphatic rings. The van der Waals surface area contributed by atoms with Crippen molar-refractivity contribution in [3.63, 3.8) is 0 Å². The smallest absolute Gasteiger partial charge is 0.316 e. The first kappa shape index (κ1) is 9.05. The van der Waals surface area contributed by atoms with Gasteiger partial charge in [-0.1, -0.05) is 0 Å². The summed E-state index contributed by atoms with van der Waals surface area (Å²) < 4.78 is 37.2. The zero-order valence-electron chi connectivity index (χ0n) is 6.34. The van der Waals surface area contributed by atoms with Gasteiger partial charge in [-0.05, 0) is 0 Å². The molecule has 0 aromatic carbocycles. The Hall–Kier alpha value is -1.04. The van der Waals surface area contributed by atoms with Crippen LogP contribution in [0.2, 0.25) is 0 Å². The van der Waals surface area contributed by atoms with Crippen LogP contribution in [0, 0.1) is 0 Å². The monoisotopic (exact) mass is 179 g/mol. The fourth-order valence-electron chi connectivity index (χ4n) is 0.790. The number of hydrogen-bond acceptors (Lipinski definition) is 2. The van der Waals surface area contributed by atoms with Gasteiger partial charge < -0.3 is 5.73 Å². The Morgan fingerprint density at radius 1 is 1.58 bits per heavy atom. The van der Waals surface area contributed by atoms with Gasteiger partial charge in [0, 0.05) is 18.8 Å². The minimum atomic E-state index is -4.40. The highest BCUT2D eigenvalue weighted by molar-refractivity contribution is 5.11. The van der Waals surface area contributed by atoms with Crippen molar-refractivity contribution in [2.75, 3.05) is 0 Å². The number of rotatable bonds is 1. The van der Waals surface area contributed by atoms with E-state index in [4.69, 9.17) is 5.73 Å².